The molecule has 23 heavy (non-hydrogen) atoms. The van der Waals surface area contributed by atoms with E-state index in [0.717, 1.165) is 6.07 Å². The molecule has 128 valence electrons. The maximum atomic E-state index is 12.8. The molecule has 1 fully saturated rings. The minimum Gasteiger partial charge on any atom is -0.365 e. The molecule has 1 aromatic carbocycles. The van der Waals surface area contributed by atoms with Gasteiger partial charge in [-0.15, -0.1) is 0 Å². The largest absolute Gasteiger partial charge is 0.417 e. The predicted molar refractivity (Wildman–Crippen MR) is 78.5 cm³/mol. The highest BCUT2D eigenvalue weighted by atomic mass is 35.5. The molecule has 0 bridgehead atoms. The maximum Gasteiger partial charge on any atom is 0.417 e. The predicted octanol–water partition coefficient (Wildman–Crippen LogP) is 1.54. The first-order valence-corrected chi connectivity index (χ1v) is 7.43. The molecule has 0 saturated carbocycles. The van der Waals surface area contributed by atoms with Gasteiger partial charge in [-0.25, -0.2) is 0 Å². The average molecular weight is 352 g/mol. The van der Waals surface area contributed by atoms with E-state index in [4.69, 9.17) is 11.6 Å². The van der Waals surface area contributed by atoms with E-state index in [0.29, 0.717) is 6.54 Å². The van der Waals surface area contributed by atoms with Gasteiger partial charge in [0.15, 0.2) is 6.35 Å². The molecule has 0 spiro atoms. The zero-order chi connectivity index (χ0) is 17.2. The summed E-state index contributed by atoms with van der Waals surface area (Å²) in [5.74, 6) is -0.385. The Hall–Kier alpha value is -1.35. The number of aliphatic hydroxyl groups is 1. The summed E-state index contributed by atoms with van der Waals surface area (Å²) in [5.41, 5.74) is -0.747. The third kappa shape index (κ3) is 3.95. The molecule has 9 heteroatoms. The van der Waals surface area contributed by atoms with E-state index >= 15 is 0 Å². The van der Waals surface area contributed by atoms with Crippen LogP contribution >= 0.6 is 11.6 Å². The lowest BCUT2D eigenvalue weighted by Gasteiger charge is -2.23. The highest BCUT2D eigenvalue weighted by Gasteiger charge is 2.36. The van der Waals surface area contributed by atoms with Crippen LogP contribution in [0.5, 0.6) is 0 Å². The van der Waals surface area contributed by atoms with Crippen LogP contribution < -0.4 is 10.6 Å². The second kappa shape index (κ2) is 7.04. The van der Waals surface area contributed by atoms with E-state index in [1.165, 1.54) is 12.1 Å². The number of nitrogens with one attached hydrogen (secondary N) is 2. The van der Waals surface area contributed by atoms with E-state index in [1.54, 1.807) is 11.8 Å². The molecule has 1 heterocycles. The van der Waals surface area contributed by atoms with Gasteiger partial charge in [-0.1, -0.05) is 30.7 Å². The smallest absolute Gasteiger partial charge is 0.365 e. The number of nitrogens with zero attached hydrogens (tertiary/aromatic N) is 1. The molecule has 0 aromatic heterocycles. The monoisotopic (exact) mass is 351 g/mol. The maximum absolute atomic E-state index is 12.8. The van der Waals surface area contributed by atoms with Gasteiger partial charge >= 0.3 is 6.18 Å². The summed E-state index contributed by atoms with van der Waals surface area (Å²) in [6, 6.07) is 2.98. The number of hydrogen-bond acceptors (Lipinski definition) is 4. The summed E-state index contributed by atoms with van der Waals surface area (Å²) in [6.45, 7) is 2.39. The van der Waals surface area contributed by atoms with Gasteiger partial charge in [0.2, 0.25) is 5.91 Å². The first-order valence-electron chi connectivity index (χ1n) is 7.05. The Labute approximate surface area is 136 Å². The number of halogens is 4. The average Bonchev–Trinajstić information content (AvgIpc) is 2.85. The zero-order valence-corrected chi connectivity index (χ0v) is 13.1. The van der Waals surface area contributed by atoms with Crippen LogP contribution in [-0.4, -0.2) is 41.4 Å². The fourth-order valence-corrected chi connectivity index (χ4v) is 2.79. The number of rotatable bonds is 4. The number of amides is 1. The van der Waals surface area contributed by atoms with Gasteiger partial charge in [-0.3, -0.25) is 15.0 Å². The first-order chi connectivity index (χ1) is 10.8. The van der Waals surface area contributed by atoms with Gasteiger partial charge in [-0.2, -0.15) is 13.2 Å². The van der Waals surface area contributed by atoms with Crippen molar-refractivity contribution >= 4 is 17.5 Å². The van der Waals surface area contributed by atoms with Crippen molar-refractivity contribution in [1.82, 2.24) is 15.5 Å². The Bertz CT molecular complexity index is 583. The second-order valence-electron chi connectivity index (χ2n) is 5.12. The molecule has 3 N–H and O–H groups in total. The highest BCUT2D eigenvalue weighted by Crippen LogP contribution is 2.36. The van der Waals surface area contributed by atoms with Crippen LogP contribution in [0.3, 0.4) is 0 Å². The topological polar surface area (TPSA) is 64.6 Å². The number of carbonyl (C=O) groups is 1. The van der Waals surface area contributed by atoms with Crippen molar-refractivity contribution in [3.05, 3.63) is 34.3 Å². The third-order valence-corrected chi connectivity index (χ3v) is 4.16. The standard InChI is InChI=1S/C14H17ClF3N3O2/c1-2-21-10(7-20-13(21)23)12(22)19-6-8-4-3-5-9(11(8)15)14(16,17)18/h3-5,10,13,20,23H,2,6-7H2,1H3,(H,19,22). The Morgan fingerprint density at radius 1 is 1.52 bits per heavy atom. The molecule has 1 aliphatic heterocycles. The van der Waals surface area contributed by atoms with Crippen LogP contribution in [0.25, 0.3) is 0 Å². The van der Waals surface area contributed by atoms with Gasteiger partial charge in [0.1, 0.15) is 6.04 Å². The molecular formula is C14H17ClF3N3O2. The quantitative estimate of drug-likeness (QED) is 0.770. The van der Waals surface area contributed by atoms with Crippen molar-refractivity contribution in [2.75, 3.05) is 13.1 Å². The van der Waals surface area contributed by atoms with Crippen LogP contribution in [0.15, 0.2) is 18.2 Å². The van der Waals surface area contributed by atoms with Crippen molar-refractivity contribution in [3.63, 3.8) is 0 Å². The van der Waals surface area contributed by atoms with Crippen LogP contribution in [0.4, 0.5) is 13.2 Å². The van der Waals surface area contributed by atoms with E-state index in [-0.39, 0.29) is 24.6 Å². The number of hydrogen-bond donors (Lipinski definition) is 3. The minimum absolute atomic E-state index is 0.119. The van der Waals surface area contributed by atoms with Crippen molar-refractivity contribution in [2.45, 2.75) is 32.0 Å². The van der Waals surface area contributed by atoms with E-state index in [9.17, 15) is 23.1 Å². The highest BCUT2D eigenvalue weighted by molar-refractivity contribution is 6.32. The lowest BCUT2D eigenvalue weighted by Crippen LogP contribution is -2.47. The van der Waals surface area contributed by atoms with E-state index < -0.39 is 29.2 Å². The van der Waals surface area contributed by atoms with E-state index in [2.05, 4.69) is 10.6 Å². The number of benzene rings is 1. The summed E-state index contributed by atoms with van der Waals surface area (Å²) >= 11 is 5.78. The number of carbonyl (C=O) groups excluding carboxylic acids is 1. The van der Waals surface area contributed by atoms with Gasteiger partial charge in [0.25, 0.3) is 0 Å². The molecule has 1 aromatic rings. The molecule has 0 radical (unpaired) electrons. The van der Waals surface area contributed by atoms with E-state index in [1.807, 2.05) is 0 Å². The van der Waals surface area contributed by atoms with Gasteiger partial charge in [0.05, 0.1) is 10.6 Å². The molecular weight excluding hydrogens is 335 g/mol. The van der Waals surface area contributed by atoms with Crippen molar-refractivity contribution in [1.29, 1.82) is 0 Å². The number of aliphatic hydroxyl groups excluding tert-OH is 1. The molecule has 2 unspecified atom stereocenters. The fraction of sp³-hybridized carbons (Fsp3) is 0.500. The molecule has 2 atom stereocenters. The van der Waals surface area contributed by atoms with Crippen LogP contribution in [0.2, 0.25) is 5.02 Å². The second-order valence-corrected chi connectivity index (χ2v) is 5.50. The summed E-state index contributed by atoms with van der Waals surface area (Å²) in [5, 5.41) is 14.5. The first kappa shape index (κ1) is 18.0. The summed E-state index contributed by atoms with van der Waals surface area (Å²) in [6.07, 6.45) is -5.46. The van der Waals surface area contributed by atoms with Crippen molar-refractivity contribution in [2.24, 2.45) is 0 Å². The summed E-state index contributed by atoms with van der Waals surface area (Å²) in [7, 11) is 0. The summed E-state index contributed by atoms with van der Waals surface area (Å²) in [4.78, 5) is 13.7. The lowest BCUT2D eigenvalue weighted by molar-refractivity contribution is -0.137. The molecule has 1 amide bonds. The van der Waals surface area contributed by atoms with Crippen molar-refractivity contribution in [3.8, 4) is 0 Å². The number of likely N-dealkylation sites (N-methyl/N-ethyl adjacent to an activating group) is 1. The fourth-order valence-electron chi connectivity index (χ4n) is 2.49. The SMILES string of the molecule is CCN1C(O)NCC1C(=O)NCc1cccc(C(F)(F)F)c1Cl. The Balaban J connectivity index is 2.05. The zero-order valence-electron chi connectivity index (χ0n) is 12.3. The Kier molecular flexibility index (Phi) is 5.51. The van der Waals surface area contributed by atoms with Gasteiger partial charge in [0, 0.05) is 13.1 Å². The third-order valence-electron chi connectivity index (χ3n) is 3.71. The van der Waals surface area contributed by atoms with Crippen LogP contribution in [0, 0.1) is 0 Å². The summed E-state index contributed by atoms with van der Waals surface area (Å²) < 4.78 is 38.4. The molecule has 1 saturated heterocycles. The molecule has 5 nitrogen and oxygen atoms in total. The van der Waals surface area contributed by atoms with Crippen LogP contribution in [0.1, 0.15) is 18.1 Å². The Morgan fingerprint density at radius 2 is 2.22 bits per heavy atom. The van der Waals surface area contributed by atoms with Crippen LogP contribution in [-0.2, 0) is 17.5 Å². The lowest BCUT2D eigenvalue weighted by atomic mass is 10.1. The molecule has 1 aliphatic rings. The molecule has 0 aliphatic carbocycles. The number of alkyl halides is 3. The Morgan fingerprint density at radius 3 is 2.83 bits per heavy atom. The normalized spacial score (nSPS) is 22.3. The van der Waals surface area contributed by atoms with Crippen molar-refractivity contribution < 1.29 is 23.1 Å². The van der Waals surface area contributed by atoms with Gasteiger partial charge in [-0.05, 0) is 18.2 Å². The minimum atomic E-state index is -4.55. The molecule has 2 rings (SSSR count). The van der Waals surface area contributed by atoms with Gasteiger partial charge < -0.3 is 10.4 Å².